The van der Waals surface area contributed by atoms with Gasteiger partial charge in [0.1, 0.15) is 13.2 Å². The van der Waals surface area contributed by atoms with Crippen molar-refractivity contribution in [3.8, 4) is 23.0 Å². The number of methoxy groups -OCH3 is 2. The molecule has 0 saturated heterocycles. The molecule has 9 heteroatoms. The largest absolute Gasteiger partial charge is 0.504 e. The van der Waals surface area contributed by atoms with E-state index in [2.05, 4.69) is 11.5 Å². The molecule has 0 spiro atoms. The Morgan fingerprint density at radius 2 is 1.44 bits per heavy atom. The number of ketones is 2. The van der Waals surface area contributed by atoms with Crippen molar-refractivity contribution in [2.45, 2.75) is 13.3 Å². The molecule has 0 aromatic heterocycles. The minimum atomic E-state index is -0.658. The zero-order chi connectivity index (χ0) is 26.5. The molecule has 2 rings (SSSR count). The molecular weight excluding hydrogens is 468 g/mol. The lowest BCUT2D eigenvalue weighted by molar-refractivity contribution is -0.270. The Kier molecular flexibility index (Phi) is 10.9. The van der Waals surface area contributed by atoms with Crippen LogP contribution in [0.3, 0.4) is 0 Å². The van der Waals surface area contributed by atoms with Crippen LogP contribution < -0.4 is 14.2 Å². The Balaban J connectivity index is 1.87. The molecular formula is C27H28O9. The SMILES string of the molecule is C=C(C)C(=O)OOCCOc1ccc(C=CC(=O)CC(=O)C=Cc2ccc(O)c(OC)c2)cc1OC. The van der Waals surface area contributed by atoms with Crippen molar-refractivity contribution in [3.63, 3.8) is 0 Å². The van der Waals surface area contributed by atoms with Crippen LogP contribution in [0, 0.1) is 0 Å². The van der Waals surface area contributed by atoms with Crippen molar-refractivity contribution < 1.29 is 43.5 Å². The fourth-order valence-electron chi connectivity index (χ4n) is 2.72. The fraction of sp³-hybridized carbons (Fsp3) is 0.222. The van der Waals surface area contributed by atoms with E-state index in [1.54, 1.807) is 42.5 Å². The van der Waals surface area contributed by atoms with Gasteiger partial charge in [-0.15, -0.1) is 0 Å². The Morgan fingerprint density at radius 1 is 0.861 bits per heavy atom. The second-order valence-corrected chi connectivity index (χ2v) is 7.44. The van der Waals surface area contributed by atoms with E-state index >= 15 is 0 Å². The summed E-state index contributed by atoms with van der Waals surface area (Å²) in [7, 11) is 2.90. The van der Waals surface area contributed by atoms with Gasteiger partial charge in [-0.05, 0) is 54.5 Å². The van der Waals surface area contributed by atoms with Gasteiger partial charge in [0.2, 0.25) is 0 Å². The number of phenols is 1. The first-order valence-electron chi connectivity index (χ1n) is 10.8. The Labute approximate surface area is 209 Å². The Morgan fingerprint density at radius 3 is 2.03 bits per heavy atom. The number of aromatic hydroxyl groups is 1. The minimum Gasteiger partial charge on any atom is -0.504 e. The molecule has 36 heavy (non-hydrogen) atoms. The molecule has 0 fully saturated rings. The van der Waals surface area contributed by atoms with Crippen molar-refractivity contribution in [3.05, 3.63) is 71.8 Å². The topological polar surface area (TPSA) is 118 Å². The molecule has 0 aliphatic rings. The van der Waals surface area contributed by atoms with Gasteiger partial charge in [-0.1, -0.05) is 30.9 Å². The number of hydrogen-bond acceptors (Lipinski definition) is 9. The van der Waals surface area contributed by atoms with Crippen LogP contribution >= 0.6 is 0 Å². The second kappa shape index (κ2) is 14.1. The number of rotatable bonds is 14. The molecule has 0 atom stereocenters. The molecule has 0 radical (unpaired) electrons. The maximum atomic E-state index is 12.2. The highest BCUT2D eigenvalue weighted by molar-refractivity contribution is 6.10. The summed E-state index contributed by atoms with van der Waals surface area (Å²) in [5.74, 6) is -0.258. The third-order valence-electron chi connectivity index (χ3n) is 4.57. The number of carbonyl (C=O) groups excluding carboxylic acids is 3. The molecule has 0 aliphatic heterocycles. The zero-order valence-corrected chi connectivity index (χ0v) is 20.3. The highest BCUT2D eigenvalue weighted by Gasteiger charge is 2.08. The van der Waals surface area contributed by atoms with Crippen molar-refractivity contribution in [2.75, 3.05) is 27.4 Å². The lowest BCUT2D eigenvalue weighted by atomic mass is 10.1. The molecule has 0 aliphatic carbocycles. The highest BCUT2D eigenvalue weighted by atomic mass is 17.2. The van der Waals surface area contributed by atoms with Crippen molar-refractivity contribution in [1.29, 1.82) is 0 Å². The van der Waals surface area contributed by atoms with Gasteiger partial charge in [0.15, 0.2) is 34.6 Å². The lowest BCUT2D eigenvalue weighted by Gasteiger charge is -2.11. The molecule has 190 valence electrons. The lowest BCUT2D eigenvalue weighted by Crippen LogP contribution is -2.11. The van der Waals surface area contributed by atoms with Crippen LogP contribution in [0.4, 0.5) is 0 Å². The summed E-state index contributed by atoms with van der Waals surface area (Å²) in [4.78, 5) is 44.8. The Hall–Kier alpha value is -4.37. The van der Waals surface area contributed by atoms with Crippen LogP contribution in [0.2, 0.25) is 0 Å². The number of phenolic OH excluding ortho intramolecular Hbond substituents is 1. The van der Waals surface area contributed by atoms with Gasteiger partial charge in [0.05, 0.1) is 20.6 Å². The van der Waals surface area contributed by atoms with Gasteiger partial charge in [0, 0.05) is 5.57 Å². The summed E-state index contributed by atoms with van der Waals surface area (Å²) in [5, 5.41) is 9.62. The molecule has 0 bridgehead atoms. The number of benzene rings is 2. The number of hydrogen-bond donors (Lipinski definition) is 1. The quantitative estimate of drug-likeness (QED) is 0.136. The molecule has 0 saturated carbocycles. The predicted octanol–water partition coefficient (Wildman–Crippen LogP) is 4.09. The van der Waals surface area contributed by atoms with Crippen LogP contribution in [-0.2, 0) is 24.2 Å². The number of carbonyl (C=O) groups is 3. The normalized spacial score (nSPS) is 10.9. The second-order valence-electron chi connectivity index (χ2n) is 7.44. The predicted molar refractivity (Wildman–Crippen MR) is 133 cm³/mol. The summed E-state index contributed by atoms with van der Waals surface area (Å²) in [6.45, 7) is 5.04. The van der Waals surface area contributed by atoms with Gasteiger partial charge >= 0.3 is 5.97 Å². The third-order valence-corrected chi connectivity index (χ3v) is 4.57. The van der Waals surface area contributed by atoms with E-state index in [1.807, 2.05) is 0 Å². The van der Waals surface area contributed by atoms with Gasteiger partial charge in [-0.25, -0.2) is 4.79 Å². The number of ether oxygens (including phenoxy) is 3. The van der Waals surface area contributed by atoms with Crippen LogP contribution in [0.1, 0.15) is 24.5 Å². The Bertz CT molecular complexity index is 1160. The van der Waals surface area contributed by atoms with Gasteiger partial charge < -0.3 is 19.3 Å². The summed E-state index contributed by atoms with van der Waals surface area (Å²) < 4.78 is 15.9. The summed E-state index contributed by atoms with van der Waals surface area (Å²) in [5.41, 5.74) is 1.53. The molecule has 0 heterocycles. The first kappa shape index (κ1) is 27.9. The molecule has 2 aromatic carbocycles. The maximum absolute atomic E-state index is 12.2. The van der Waals surface area contributed by atoms with E-state index in [9.17, 15) is 19.5 Å². The molecule has 0 unspecified atom stereocenters. The zero-order valence-electron chi connectivity index (χ0n) is 20.3. The van der Waals surface area contributed by atoms with Crippen molar-refractivity contribution in [1.82, 2.24) is 0 Å². The van der Waals surface area contributed by atoms with Crippen molar-refractivity contribution >= 4 is 29.7 Å². The highest BCUT2D eigenvalue weighted by Crippen LogP contribution is 2.29. The van der Waals surface area contributed by atoms with E-state index in [4.69, 9.17) is 19.1 Å². The molecule has 0 amide bonds. The van der Waals surface area contributed by atoms with Crippen LogP contribution in [0.25, 0.3) is 12.2 Å². The molecule has 2 aromatic rings. The van der Waals surface area contributed by atoms with E-state index in [0.29, 0.717) is 22.6 Å². The van der Waals surface area contributed by atoms with Gasteiger partial charge in [0.25, 0.3) is 0 Å². The summed E-state index contributed by atoms with van der Waals surface area (Å²) in [6, 6.07) is 9.69. The van der Waals surface area contributed by atoms with Gasteiger partial charge in [-0.2, -0.15) is 4.89 Å². The van der Waals surface area contributed by atoms with Crippen LogP contribution in [-0.4, -0.2) is 50.1 Å². The van der Waals surface area contributed by atoms with Crippen LogP contribution in [0.5, 0.6) is 23.0 Å². The van der Waals surface area contributed by atoms with E-state index in [-0.39, 0.29) is 48.3 Å². The first-order chi connectivity index (χ1) is 17.2. The fourth-order valence-corrected chi connectivity index (χ4v) is 2.72. The van der Waals surface area contributed by atoms with Crippen molar-refractivity contribution in [2.24, 2.45) is 0 Å². The average Bonchev–Trinajstić information content (AvgIpc) is 2.86. The maximum Gasteiger partial charge on any atom is 0.368 e. The van der Waals surface area contributed by atoms with E-state index in [1.165, 1.54) is 39.4 Å². The van der Waals surface area contributed by atoms with Gasteiger partial charge in [-0.3, -0.25) is 14.5 Å². The smallest absolute Gasteiger partial charge is 0.368 e. The molecule has 1 N–H and O–H groups in total. The number of allylic oxidation sites excluding steroid dienone is 2. The minimum absolute atomic E-state index is 0.00109. The van der Waals surface area contributed by atoms with E-state index in [0.717, 1.165) is 0 Å². The van der Waals surface area contributed by atoms with E-state index < -0.39 is 5.97 Å². The standard InChI is InChI=1S/C27H28O9/c1-18(2)27(31)36-35-14-13-34-24-12-8-20(16-26(24)33-4)6-10-22(29)17-21(28)9-5-19-7-11-23(30)25(15-19)32-3/h5-12,15-16,30H,1,13-14,17H2,2-4H3. The van der Waals surface area contributed by atoms with Crippen LogP contribution in [0.15, 0.2) is 60.7 Å². The monoisotopic (exact) mass is 496 g/mol. The summed E-state index contributed by atoms with van der Waals surface area (Å²) in [6.07, 6.45) is 5.43. The first-order valence-corrected chi connectivity index (χ1v) is 10.8. The average molecular weight is 497 g/mol. The third kappa shape index (κ3) is 9.11. The summed E-state index contributed by atoms with van der Waals surface area (Å²) >= 11 is 0. The molecule has 9 nitrogen and oxygen atoms in total.